The summed E-state index contributed by atoms with van der Waals surface area (Å²) >= 11 is 0. The van der Waals surface area contributed by atoms with E-state index in [2.05, 4.69) is 12.2 Å². The zero-order valence-corrected chi connectivity index (χ0v) is 14.7. The Hall–Kier alpha value is 0.340. The molecule has 2 unspecified atom stereocenters. The van der Waals surface area contributed by atoms with Crippen LogP contribution in [0.5, 0.6) is 0 Å². The van der Waals surface area contributed by atoms with Crippen LogP contribution in [0.4, 0.5) is 0 Å². The van der Waals surface area contributed by atoms with Crippen LogP contribution in [-0.2, 0) is 14.9 Å². The molecule has 0 aliphatic carbocycles. The first-order valence-corrected chi connectivity index (χ1v) is 7.71. The normalized spacial score (nSPS) is 14.5. The summed E-state index contributed by atoms with van der Waals surface area (Å²) in [6, 6.07) is 0. The average molecular weight is 303 g/mol. The zero-order chi connectivity index (χ0) is 14.2. The Morgan fingerprint density at radius 2 is 1.89 bits per heavy atom. The summed E-state index contributed by atoms with van der Waals surface area (Å²) in [4.78, 5) is 10.6. The Labute approximate surface area is 137 Å². The van der Waals surface area contributed by atoms with Crippen LogP contribution in [0.15, 0.2) is 0 Å². The number of carbonyl (C=O) groups excluding carboxylic acids is 1. The summed E-state index contributed by atoms with van der Waals surface area (Å²) in [6.45, 7) is 4.32. The third kappa shape index (κ3) is 9.81. The van der Waals surface area contributed by atoms with Gasteiger partial charge in [-0.15, -0.1) is 0 Å². The van der Waals surface area contributed by atoms with Gasteiger partial charge in [0.1, 0.15) is 5.25 Å². The van der Waals surface area contributed by atoms with E-state index < -0.39 is 21.3 Å². The quantitative estimate of drug-likeness (QED) is 0.325. The Morgan fingerprint density at radius 3 is 2.26 bits per heavy atom. The second-order valence-electron chi connectivity index (χ2n) is 4.40. The molecule has 0 aliphatic heterocycles. The number of carboxylic acids is 1. The van der Waals surface area contributed by atoms with Crippen molar-refractivity contribution in [1.29, 1.82) is 0 Å². The van der Waals surface area contributed by atoms with Gasteiger partial charge in [0.2, 0.25) is 0 Å². The molecule has 0 aliphatic rings. The molecule has 0 bridgehead atoms. The molecule has 0 heterocycles. The van der Waals surface area contributed by atoms with E-state index in [9.17, 15) is 18.3 Å². The van der Waals surface area contributed by atoms with E-state index in [1.165, 1.54) is 0 Å². The van der Waals surface area contributed by atoms with Gasteiger partial charge in [0, 0.05) is 6.54 Å². The SMILES string of the molecule is CCCCC(CC)CNCC(C(=O)[O-])S(=O)(=O)O.[Na+]. The van der Waals surface area contributed by atoms with Gasteiger partial charge in [0.05, 0.1) is 5.97 Å². The summed E-state index contributed by atoms with van der Waals surface area (Å²) in [5, 5.41) is 11.4. The maximum absolute atomic E-state index is 10.8. The van der Waals surface area contributed by atoms with Gasteiger partial charge >= 0.3 is 29.6 Å². The van der Waals surface area contributed by atoms with Crippen LogP contribution in [0.25, 0.3) is 0 Å². The van der Waals surface area contributed by atoms with E-state index in [1.807, 2.05) is 6.92 Å². The Balaban J connectivity index is 0. The molecular weight excluding hydrogens is 281 g/mol. The average Bonchev–Trinajstić information content (AvgIpc) is 2.25. The van der Waals surface area contributed by atoms with Gasteiger partial charge in [-0.25, -0.2) is 0 Å². The fourth-order valence-corrected chi connectivity index (χ4v) is 2.24. The zero-order valence-electron chi connectivity index (χ0n) is 11.9. The molecule has 2 N–H and O–H groups in total. The third-order valence-corrected chi connectivity index (χ3v) is 4.01. The molecule has 108 valence electrons. The summed E-state index contributed by atoms with van der Waals surface area (Å²) in [6.07, 6.45) is 4.13. The molecule has 0 amide bonds. The minimum absolute atomic E-state index is 0. The van der Waals surface area contributed by atoms with Crippen molar-refractivity contribution < 1.29 is 52.4 Å². The molecule has 0 aromatic heterocycles. The number of nitrogens with one attached hydrogen (secondary N) is 1. The number of carboxylic acid groups (broad SMARTS) is 1. The summed E-state index contributed by atoms with van der Waals surface area (Å²) in [7, 11) is -4.61. The van der Waals surface area contributed by atoms with Crippen molar-refractivity contribution in [1.82, 2.24) is 5.32 Å². The minimum atomic E-state index is -4.61. The van der Waals surface area contributed by atoms with Crippen LogP contribution in [0.1, 0.15) is 39.5 Å². The first kappa shape index (κ1) is 21.6. The van der Waals surface area contributed by atoms with E-state index in [0.717, 1.165) is 25.7 Å². The Bertz CT molecular complexity index is 347. The minimum Gasteiger partial charge on any atom is -0.549 e. The van der Waals surface area contributed by atoms with Gasteiger partial charge < -0.3 is 15.2 Å². The van der Waals surface area contributed by atoms with Crippen LogP contribution in [-0.4, -0.2) is 37.3 Å². The summed E-state index contributed by atoms with van der Waals surface area (Å²) in [5.74, 6) is -1.40. The van der Waals surface area contributed by atoms with E-state index >= 15 is 0 Å². The molecule has 6 nitrogen and oxygen atoms in total. The van der Waals surface area contributed by atoms with Crippen molar-refractivity contribution in [3.63, 3.8) is 0 Å². The van der Waals surface area contributed by atoms with Crippen molar-refractivity contribution in [3.05, 3.63) is 0 Å². The molecule has 0 rings (SSSR count). The Morgan fingerprint density at radius 1 is 1.32 bits per heavy atom. The van der Waals surface area contributed by atoms with Crippen LogP contribution in [0, 0.1) is 5.92 Å². The largest absolute Gasteiger partial charge is 1.00 e. The van der Waals surface area contributed by atoms with Gasteiger partial charge in [-0.3, -0.25) is 4.55 Å². The first-order chi connectivity index (χ1) is 8.32. The topological polar surface area (TPSA) is 107 Å². The van der Waals surface area contributed by atoms with Crippen LogP contribution in [0.2, 0.25) is 0 Å². The van der Waals surface area contributed by atoms with E-state index in [4.69, 9.17) is 4.55 Å². The number of carbonyl (C=O) groups is 1. The van der Waals surface area contributed by atoms with Crippen molar-refractivity contribution >= 4 is 16.1 Å². The molecule has 0 aromatic carbocycles. The third-order valence-electron chi connectivity index (χ3n) is 2.93. The van der Waals surface area contributed by atoms with Gasteiger partial charge in [-0.05, 0) is 18.9 Å². The molecule has 0 saturated heterocycles. The number of hydrogen-bond donors (Lipinski definition) is 2. The fraction of sp³-hybridized carbons (Fsp3) is 0.909. The Kier molecular flexibility index (Phi) is 12.6. The second kappa shape index (κ2) is 11.0. The van der Waals surface area contributed by atoms with Crippen LogP contribution >= 0.6 is 0 Å². The van der Waals surface area contributed by atoms with Crippen LogP contribution in [0.3, 0.4) is 0 Å². The molecule has 2 atom stereocenters. The van der Waals surface area contributed by atoms with Crippen molar-refractivity contribution in [2.24, 2.45) is 5.92 Å². The van der Waals surface area contributed by atoms with Crippen molar-refractivity contribution in [2.75, 3.05) is 13.1 Å². The second-order valence-corrected chi connectivity index (χ2v) is 6.00. The van der Waals surface area contributed by atoms with E-state index in [0.29, 0.717) is 12.5 Å². The van der Waals surface area contributed by atoms with Gasteiger partial charge in [-0.2, -0.15) is 8.42 Å². The van der Waals surface area contributed by atoms with Gasteiger partial charge in [0.25, 0.3) is 10.1 Å². The summed E-state index contributed by atoms with van der Waals surface area (Å²) < 4.78 is 30.3. The monoisotopic (exact) mass is 303 g/mol. The van der Waals surface area contributed by atoms with Crippen molar-refractivity contribution in [3.8, 4) is 0 Å². The van der Waals surface area contributed by atoms with Gasteiger partial charge in [-0.1, -0.05) is 33.1 Å². The molecule has 8 heteroatoms. The number of rotatable bonds is 10. The molecular formula is C11H22NNaO5S. The molecule has 0 aromatic rings. The van der Waals surface area contributed by atoms with E-state index in [-0.39, 0.29) is 36.1 Å². The predicted octanol–water partition coefficient (Wildman–Crippen LogP) is -3.20. The van der Waals surface area contributed by atoms with Crippen molar-refractivity contribution in [2.45, 2.75) is 44.8 Å². The molecule has 19 heavy (non-hydrogen) atoms. The first-order valence-electron chi connectivity index (χ1n) is 6.20. The maximum atomic E-state index is 10.8. The van der Waals surface area contributed by atoms with Crippen LogP contribution < -0.4 is 40.0 Å². The number of aliphatic carboxylic acids is 1. The maximum Gasteiger partial charge on any atom is 1.00 e. The number of hydrogen-bond acceptors (Lipinski definition) is 5. The summed E-state index contributed by atoms with van der Waals surface area (Å²) in [5.41, 5.74) is 0. The molecule has 0 saturated carbocycles. The standard InChI is InChI=1S/C11H23NO5S.Na/c1-3-5-6-9(4-2)7-12-8-10(11(13)14)18(15,16)17;/h9-10,12H,3-8H2,1-2H3,(H,13,14)(H,15,16,17);/q;+1/p-1. The fourth-order valence-electron chi connectivity index (χ4n) is 1.67. The van der Waals surface area contributed by atoms with E-state index in [1.54, 1.807) is 0 Å². The molecule has 0 spiro atoms. The smallest absolute Gasteiger partial charge is 0.549 e. The van der Waals surface area contributed by atoms with Gasteiger partial charge in [0.15, 0.2) is 0 Å². The molecule has 0 radical (unpaired) electrons. The predicted molar refractivity (Wildman–Crippen MR) is 66.5 cm³/mol. The molecule has 0 fully saturated rings. The number of unbranched alkanes of at least 4 members (excludes halogenated alkanes) is 1.